The summed E-state index contributed by atoms with van der Waals surface area (Å²) >= 11 is 7.37. The predicted molar refractivity (Wildman–Crippen MR) is 123 cm³/mol. The van der Waals surface area contributed by atoms with E-state index in [-0.39, 0.29) is 24.0 Å². The van der Waals surface area contributed by atoms with Gasteiger partial charge in [0.25, 0.3) is 0 Å². The minimum Gasteiger partial charge on any atom is -0.484 e. The molecule has 0 saturated heterocycles. The number of anilines is 1. The molecular formula is C23H18ClFN4O2S. The normalized spacial score (nSPS) is 10.7. The number of aromatic nitrogens is 3. The highest BCUT2D eigenvalue weighted by Crippen LogP contribution is 2.26. The number of carbonyl (C=O) groups excluding carboxylic acids is 1. The van der Waals surface area contributed by atoms with Crippen LogP contribution in [0.4, 0.5) is 10.1 Å². The summed E-state index contributed by atoms with van der Waals surface area (Å²) in [6.45, 7) is 0.133. The van der Waals surface area contributed by atoms with Gasteiger partial charge in [-0.05, 0) is 36.4 Å². The van der Waals surface area contributed by atoms with Crippen LogP contribution in [0.15, 0.2) is 84.0 Å². The number of amides is 1. The van der Waals surface area contributed by atoms with Crippen molar-refractivity contribution in [3.63, 3.8) is 0 Å². The van der Waals surface area contributed by atoms with E-state index in [2.05, 4.69) is 15.5 Å². The Morgan fingerprint density at radius 3 is 2.50 bits per heavy atom. The smallest absolute Gasteiger partial charge is 0.234 e. The van der Waals surface area contributed by atoms with Crippen molar-refractivity contribution in [2.75, 3.05) is 11.1 Å². The largest absolute Gasteiger partial charge is 0.484 e. The summed E-state index contributed by atoms with van der Waals surface area (Å²) < 4.78 is 21.4. The maximum absolute atomic E-state index is 13.8. The SMILES string of the molecule is O=C(CSc1nnc(COc2ccccc2Cl)n1-c1ccccc1)Nc1ccccc1F. The second-order valence-electron chi connectivity index (χ2n) is 6.61. The van der Waals surface area contributed by atoms with E-state index in [4.69, 9.17) is 16.3 Å². The summed E-state index contributed by atoms with van der Waals surface area (Å²) in [5.74, 6) is 0.280. The molecule has 0 radical (unpaired) electrons. The average molecular weight is 469 g/mol. The average Bonchev–Trinajstić information content (AvgIpc) is 3.22. The molecule has 0 aliphatic heterocycles. The first-order valence-corrected chi connectivity index (χ1v) is 11.0. The van der Waals surface area contributed by atoms with Gasteiger partial charge in [0.05, 0.1) is 16.5 Å². The number of carbonyl (C=O) groups is 1. The quantitative estimate of drug-likeness (QED) is 0.352. The third-order valence-corrected chi connectivity index (χ3v) is 5.63. The molecule has 0 atom stereocenters. The van der Waals surface area contributed by atoms with Gasteiger partial charge >= 0.3 is 0 Å². The van der Waals surface area contributed by atoms with Gasteiger partial charge in [0, 0.05) is 5.69 Å². The molecule has 6 nitrogen and oxygen atoms in total. The van der Waals surface area contributed by atoms with Gasteiger partial charge in [0.2, 0.25) is 5.91 Å². The lowest BCUT2D eigenvalue weighted by Gasteiger charge is -2.12. The van der Waals surface area contributed by atoms with Gasteiger partial charge in [-0.1, -0.05) is 65.8 Å². The van der Waals surface area contributed by atoms with E-state index in [1.54, 1.807) is 24.3 Å². The van der Waals surface area contributed by atoms with Crippen molar-refractivity contribution >= 4 is 35.0 Å². The Bertz CT molecular complexity index is 1220. The molecule has 0 aliphatic carbocycles. The summed E-state index contributed by atoms with van der Waals surface area (Å²) in [6.07, 6.45) is 0. The number of hydrogen-bond donors (Lipinski definition) is 1. The second kappa shape index (κ2) is 10.3. The fraction of sp³-hybridized carbons (Fsp3) is 0.0870. The number of ether oxygens (including phenoxy) is 1. The molecule has 4 aromatic rings. The van der Waals surface area contributed by atoms with Crippen molar-refractivity contribution in [3.05, 3.63) is 95.5 Å². The Kier molecular flexibility index (Phi) is 7.03. The van der Waals surface area contributed by atoms with Gasteiger partial charge in [-0.15, -0.1) is 10.2 Å². The van der Waals surface area contributed by atoms with Crippen LogP contribution in [0.1, 0.15) is 5.82 Å². The van der Waals surface area contributed by atoms with Crippen LogP contribution < -0.4 is 10.1 Å². The molecule has 9 heteroatoms. The molecule has 0 spiro atoms. The molecule has 1 N–H and O–H groups in total. The third kappa shape index (κ3) is 5.27. The van der Waals surface area contributed by atoms with Crippen molar-refractivity contribution in [1.82, 2.24) is 14.8 Å². The number of nitrogens with one attached hydrogen (secondary N) is 1. The van der Waals surface area contributed by atoms with E-state index in [1.807, 2.05) is 47.0 Å². The van der Waals surface area contributed by atoms with E-state index in [1.165, 1.54) is 23.9 Å². The summed E-state index contributed by atoms with van der Waals surface area (Å²) in [5, 5.41) is 12.1. The number of para-hydroxylation sites is 3. The Balaban J connectivity index is 1.51. The molecule has 1 amide bonds. The van der Waals surface area contributed by atoms with Gasteiger partial charge in [0.15, 0.2) is 11.0 Å². The number of halogens is 2. The van der Waals surface area contributed by atoms with Gasteiger partial charge < -0.3 is 10.1 Å². The maximum Gasteiger partial charge on any atom is 0.234 e. The van der Waals surface area contributed by atoms with Crippen molar-refractivity contribution in [3.8, 4) is 11.4 Å². The minimum absolute atomic E-state index is 0.0324. The van der Waals surface area contributed by atoms with Crippen molar-refractivity contribution < 1.29 is 13.9 Å². The van der Waals surface area contributed by atoms with E-state index in [9.17, 15) is 9.18 Å². The molecule has 4 rings (SSSR count). The van der Waals surface area contributed by atoms with Gasteiger partial charge in [-0.25, -0.2) is 4.39 Å². The number of thioether (sulfide) groups is 1. The molecule has 1 aromatic heterocycles. The lowest BCUT2D eigenvalue weighted by molar-refractivity contribution is -0.113. The highest BCUT2D eigenvalue weighted by Gasteiger charge is 2.17. The molecule has 0 unspecified atom stereocenters. The summed E-state index contributed by atoms with van der Waals surface area (Å²) in [6, 6.07) is 22.7. The Labute approximate surface area is 193 Å². The maximum atomic E-state index is 13.8. The van der Waals surface area contributed by atoms with Crippen molar-refractivity contribution in [2.24, 2.45) is 0 Å². The lowest BCUT2D eigenvalue weighted by atomic mass is 10.3. The van der Waals surface area contributed by atoms with E-state index < -0.39 is 5.82 Å². The van der Waals surface area contributed by atoms with Crippen LogP contribution in [-0.4, -0.2) is 26.4 Å². The van der Waals surface area contributed by atoms with Crippen molar-refractivity contribution in [2.45, 2.75) is 11.8 Å². The zero-order valence-electron chi connectivity index (χ0n) is 16.7. The van der Waals surface area contributed by atoms with Gasteiger partial charge in [-0.2, -0.15) is 0 Å². The minimum atomic E-state index is -0.489. The molecule has 0 saturated carbocycles. The molecule has 0 fully saturated rings. The molecule has 0 aliphatic rings. The molecule has 32 heavy (non-hydrogen) atoms. The Hall–Kier alpha value is -3.36. The molecule has 1 heterocycles. The van der Waals surface area contributed by atoms with E-state index in [0.29, 0.717) is 21.8 Å². The van der Waals surface area contributed by atoms with Crippen LogP contribution in [-0.2, 0) is 11.4 Å². The van der Waals surface area contributed by atoms with Crippen LogP contribution in [0.25, 0.3) is 5.69 Å². The van der Waals surface area contributed by atoms with Crippen molar-refractivity contribution in [1.29, 1.82) is 0 Å². The number of hydrogen-bond acceptors (Lipinski definition) is 5. The van der Waals surface area contributed by atoms with Gasteiger partial charge in [0.1, 0.15) is 18.2 Å². The first kappa shape index (κ1) is 21.9. The summed E-state index contributed by atoms with van der Waals surface area (Å²) in [5.41, 5.74) is 0.962. The molecule has 162 valence electrons. The number of nitrogens with zero attached hydrogens (tertiary/aromatic N) is 3. The van der Waals surface area contributed by atoms with Crippen LogP contribution in [0.5, 0.6) is 5.75 Å². The molecule has 3 aromatic carbocycles. The monoisotopic (exact) mass is 468 g/mol. The van der Waals surface area contributed by atoms with Gasteiger partial charge in [-0.3, -0.25) is 9.36 Å². The highest BCUT2D eigenvalue weighted by molar-refractivity contribution is 7.99. The summed E-state index contributed by atoms with van der Waals surface area (Å²) in [7, 11) is 0. The third-order valence-electron chi connectivity index (χ3n) is 4.39. The lowest BCUT2D eigenvalue weighted by Crippen LogP contribution is -2.15. The van der Waals surface area contributed by atoms with Crippen LogP contribution in [0.3, 0.4) is 0 Å². The first-order chi connectivity index (χ1) is 15.6. The van der Waals surface area contributed by atoms with E-state index >= 15 is 0 Å². The zero-order chi connectivity index (χ0) is 22.3. The van der Waals surface area contributed by atoms with Crippen LogP contribution in [0, 0.1) is 5.82 Å². The van der Waals surface area contributed by atoms with E-state index in [0.717, 1.165) is 5.69 Å². The Morgan fingerprint density at radius 1 is 1.00 bits per heavy atom. The van der Waals surface area contributed by atoms with Crippen LogP contribution in [0.2, 0.25) is 5.02 Å². The molecule has 0 bridgehead atoms. The first-order valence-electron chi connectivity index (χ1n) is 9.66. The van der Waals surface area contributed by atoms with Crippen LogP contribution >= 0.6 is 23.4 Å². The zero-order valence-corrected chi connectivity index (χ0v) is 18.3. The topological polar surface area (TPSA) is 69.0 Å². The summed E-state index contributed by atoms with van der Waals surface area (Å²) in [4.78, 5) is 12.3. The standard InChI is InChI=1S/C23H18ClFN4O2S/c24-17-10-4-7-13-20(17)31-14-21-27-28-23(29(21)16-8-2-1-3-9-16)32-15-22(30)26-19-12-6-5-11-18(19)25/h1-13H,14-15H2,(H,26,30). The predicted octanol–water partition coefficient (Wildman–Crippen LogP) is 5.37. The highest BCUT2D eigenvalue weighted by atomic mass is 35.5. The second-order valence-corrected chi connectivity index (χ2v) is 7.96. The number of rotatable bonds is 8. The fourth-order valence-electron chi connectivity index (χ4n) is 2.91. The Morgan fingerprint density at radius 2 is 1.72 bits per heavy atom. The fourth-order valence-corrected chi connectivity index (χ4v) is 3.87. The number of benzene rings is 3. The molecular weight excluding hydrogens is 451 g/mol.